The van der Waals surface area contributed by atoms with Crippen LogP contribution in [0.15, 0.2) is 67.3 Å². The van der Waals surface area contributed by atoms with Crippen LogP contribution in [0.1, 0.15) is 32.8 Å². The number of nitrogens with one attached hydrogen (secondary N) is 3. The molecule has 6 aromatic rings. The first-order valence-electron chi connectivity index (χ1n) is 13.0. The fourth-order valence-electron chi connectivity index (χ4n) is 4.90. The minimum atomic E-state index is -0.297. The summed E-state index contributed by atoms with van der Waals surface area (Å²) in [5.41, 5.74) is 7.39. The van der Waals surface area contributed by atoms with Crippen molar-refractivity contribution in [3.63, 3.8) is 0 Å². The van der Waals surface area contributed by atoms with Crippen molar-refractivity contribution in [1.29, 1.82) is 0 Å². The van der Waals surface area contributed by atoms with E-state index in [2.05, 4.69) is 35.5 Å². The number of aryl methyl sites for hydroxylation is 1. The molecule has 40 heavy (non-hydrogen) atoms. The number of nitrogens with zero attached hydrogens (tertiary/aromatic N) is 4. The molecule has 0 bridgehead atoms. The molecule has 0 atom stereocenters. The highest BCUT2D eigenvalue weighted by Crippen LogP contribution is 2.34. The highest BCUT2D eigenvalue weighted by molar-refractivity contribution is 6.00. The van der Waals surface area contributed by atoms with E-state index in [-0.39, 0.29) is 17.1 Å². The van der Waals surface area contributed by atoms with Gasteiger partial charge < -0.3 is 10.3 Å². The molecule has 1 aromatic carbocycles. The molecule has 0 saturated heterocycles. The van der Waals surface area contributed by atoms with E-state index in [4.69, 9.17) is 0 Å². The summed E-state index contributed by atoms with van der Waals surface area (Å²) >= 11 is 0. The Kier molecular flexibility index (Phi) is 6.14. The zero-order valence-corrected chi connectivity index (χ0v) is 22.6. The van der Waals surface area contributed by atoms with Gasteiger partial charge in [-0.1, -0.05) is 20.8 Å². The Balaban J connectivity index is 1.37. The van der Waals surface area contributed by atoms with Crippen LogP contribution in [0, 0.1) is 18.2 Å². The van der Waals surface area contributed by atoms with E-state index in [9.17, 15) is 9.18 Å². The number of aromatic amines is 2. The van der Waals surface area contributed by atoms with Crippen molar-refractivity contribution in [3.05, 3.63) is 78.6 Å². The lowest BCUT2D eigenvalue weighted by Crippen LogP contribution is -2.19. The van der Waals surface area contributed by atoms with Gasteiger partial charge in [0.1, 0.15) is 11.5 Å². The van der Waals surface area contributed by atoms with Crippen LogP contribution >= 0.6 is 0 Å². The maximum atomic E-state index is 14.2. The van der Waals surface area contributed by atoms with Gasteiger partial charge in [-0.3, -0.25) is 19.9 Å². The fraction of sp³-hybridized carbons (Fsp3) is 0.194. The van der Waals surface area contributed by atoms with Gasteiger partial charge in [-0.05, 0) is 60.4 Å². The van der Waals surface area contributed by atoms with Crippen molar-refractivity contribution >= 4 is 33.5 Å². The van der Waals surface area contributed by atoms with E-state index < -0.39 is 0 Å². The first kappa shape index (κ1) is 25.4. The van der Waals surface area contributed by atoms with Crippen molar-refractivity contribution < 1.29 is 9.18 Å². The Labute approximate surface area is 230 Å². The minimum absolute atomic E-state index is 0.0572. The van der Waals surface area contributed by atoms with Crippen LogP contribution in [0.4, 0.5) is 10.1 Å². The van der Waals surface area contributed by atoms with Crippen LogP contribution in [-0.4, -0.2) is 36.0 Å². The molecule has 0 unspecified atom stereocenters. The molecule has 200 valence electrons. The molecule has 0 aliphatic carbocycles. The van der Waals surface area contributed by atoms with Gasteiger partial charge in [0.05, 0.1) is 23.3 Å². The number of rotatable bonds is 5. The van der Waals surface area contributed by atoms with Gasteiger partial charge in [0.2, 0.25) is 5.91 Å². The quantitative estimate of drug-likeness (QED) is 0.220. The average molecular weight is 534 g/mol. The standard InChI is InChI=1S/C31H28FN7O/c1-17-7-18(9-21(32)8-17)28-23-12-26(37-25(23)5-6-34-28)29-24-11-20(15-35-30(24)39-38-29)19-10-22(16-33-14-19)36-27(40)13-31(2,3)4/h5-12,14-16,37H,13H2,1-4H3,(H,36,40)(H,35,38,39). The van der Waals surface area contributed by atoms with Crippen LogP contribution in [0.2, 0.25) is 0 Å². The van der Waals surface area contributed by atoms with E-state index in [0.717, 1.165) is 38.7 Å². The molecule has 0 fully saturated rings. The minimum Gasteiger partial charge on any atom is -0.353 e. The molecule has 6 rings (SSSR count). The second kappa shape index (κ2) is 9.68. The third kappa shape index (κ3) is 5.05. The molecule has 0 saturated carbocycles. The van der Waals surface area contributed by atoms with Crippen molar-refractivity contribution in [1.82, 2.24) is 30.1 Å². The SMILES string of the molecule is Cc1cc(F)cc(-c2nccc3[nH]c(-c4n[nH]c5ncc(-c6cncc(NC(=O)CC(C)(C)C)c6)cc45)cc23)c1. The smallest absolute Gasteiger partial charge is 0.224 e. The summed E-state index contributed by atoms with van der Waals surface area (Å²) in [6.45, 7) is 7.94. The molecule has 1 amide bonds. The van der Waals surface area contributed by atoms with E-state index in [1.165, 1.54) is 12.1 Å². The van der Waals surface area contributed by atoms with Crippen LogP contribution in [0.25, 0.3) is 55.7 Å². The molecule has 0 aliphatic rings. The first-order valence-corrected chi connectivity index (χ1v) is 13.0. The largest absolute Gasteiger partial charge is 0.353 e. The second-order valence-corrected chi connectivity index (χ2v) is 11.3. The lowest BCUT2D eigenvalue weighted by atomic mass is 9.92. The summed E-state index contributed by atoms with van der Waals surface area (Å²) in [7, 11) is 0. The van der Waals surface area contributed by atoms with Crippen LogP contribution in [-0.2, 0) is 4.79 Å². The van der Waals surface area contributed by atoms with Gasteiger partial charge in [0, 0.05) is 58.0 Å². The number of H-pyrrole nitrogens is 2. The number of amides is 1. The maximum absolute atomic E-state index is 14.2. The lowest BCUT2D eigenvalue weighted by Gasteiger charge is -2.17. The van der Waals surface area contributed by atoms with E-state index in [0.29, 0.717) is 34.7 Å². The summed E-state index contributed by atoms with van der Waals surface area (Å²) in [5, 5.41) is 12.2. The number of hydrogen-bond donors (Lipinski definition) is 3. The normalized spacial score (nSPS) is 11.8. The number of carbonyl (C=O) groups is 1. The van der Waals surface area contributed by atoms with Crippen molar-refractivity contribution in [3.8, 4) is 33.8 Å². The number of benzene rings is 1. The maximum Gasteiger partial charge on any atom is 0.224 e. The molecule has 9 heteroatoms. The Bertz CT molecular complexity index is 1880. The molecule has 5 heterocycles. The summed E-state index contributed by atoms with van der Waals surface area (Å²) < 4.78 is 14.2. The third-order valence-corrected chi connectivity index (χ3v) is 6.58. The Morgan fingerprint density at radius 3 is 2.55 bits per heavy atom. The van der Waals surface area contributed by atoms with Crippen molar-refractivity contribution in [2.75, 3.05) is 5.32 Å². The summed E-state index contributed by atoms with van der Waals surface area (Å²) in [6.07, 6.45) is 7.24. The highest BCUT2D eigenvalue weighted by Gasteiger charge is 2.18. The van der Waals surface area contributed by atoms with Crippen molar-refractivity contribution in [2.24, 2.45) is 5.41 Å². The predicted molar refractivity (Wildman–Crippen MR) is 155 cm³/mol. The zero-order valence-electron chi connectivity index (χ0n) is 22.6. The Morgan fingerprint density at radius 2 is 1.75 bits per heavy atom. The number of pyridine rings is 3. The average Bonchev–Trinajstić information content (AvgIpc) is 3.50. The van der Waals surface area contributed by atoms with E-state index in [1.54, 1.807) is 24.8 Å². The second-order valence-electron chi connectivity index (χ2n) is 11.3. The Morgan fingerprint density at radius 1 is 0.925 bits per heavy atom. The van der Waals surface area contributed by atoms with Crippen LogP contribution in [0.5, 0.6) is 0 Å². The predicted octanol–water partition coefficient (Wildman–Crippen LogP) is 7.05. The molecular formula is C31H28FN7O. The van der Waals surface area contributed by atoms with Gasteiger partial charge in [0.15, 0.2) is 5.65 Å². The van der Waals surface area contributed by atoms with Crippen LogP contribution < -0.4 is 5.32 Å². The van der Waals surface area contributed by atoms with Gasteiger partial charge >= 0.3 is 0 Å². The number of carbonyl (C=O) groups excluding carboxylic acids is 1. The molecule has 0 aliphatic heterocycles. The first-order chi connectivity index (χ1) is 19.1. The fourth-order valence-corrected chi connectivity index (χ4v) is 4.90. The summed E-state index contributed by atoms with van der Waals surface area (Å²) in [5.74, 6) is -0.355. The summed E-state index contributed by atoms with van der Waals surface area (Å²) in [6, 6.07) is 12.7. The lowest BCUT2D eigenvalue weighted by molar-refractivity contribution is -0.117. The number of aromatic nitrogens is 6. The van der Waals surface area contributed by atoms with Gasteiger partial charge in [-0.2, -0.15) is 5.10 Å². The number of anilines is 1. The molecule has 8 nitrogen and oxygen atoms in total. The number of hydrogen-bond acceptors (Lipinski definition) is 5. The van der Waals surface area contributed by atoms with Crippen LogP contribution in [0.3, 0.4) is 0 Å². The van der Waals surface area contributed by atoms with Gasteiger partial charge in [-0.15, -0.1) is 0 Å². The number of halogens is 1. The molecule has 0 radical (unpaired) electrons. The van der Waals surface area contributed by atoms with E-state index >= 15 is 0 Å². The third-order valence-electron chi connectivity index (χ3n) is 6.58. The summed E-state index contributed by atoms with van der Waals surface area (Å²) in [4.78, 5) is 29.4. The number of fused-ring (bicyclic) bond motifs is 2. The van der Waals surface area contributed by atoms with Gasteiger partial charge in [0.25, 0.3) is 0 Å². The molecule has 5 aromatic heterocycles. The molecule has 3 N–H and O–H groups in total. The monoisotopic (exact) mass is 533 g/mol. The molecule has 0 spiro atoms. The highest BCUT2D eigenvalue weighted by atomic mass is 19.1. The van der Waals surface area contributed by atoms with Crippen molar-refractivity contribution in [2.45, 2.75) is 34.1 Å². The van der Waals surface area contributed by atoms with E-state index in [1.807, 2.05) is 58.0 Å². The van der Waals surface area contributed by atoms with Gasteiger partial charge in [-0.25, -0.2) is 9.37 Å². The Hall–Kier alpha value is -4.92. The topological polar surface area (TPSA) is 112 Å². The zero-order chi connectivity index (χ0) is 28.0. The molecular weight excluding hydrogens is 505 g/mol.